The molecule has 0 unspecified atom stereocenters. The Balaban J connectivity index is 0.00000353. The van der Waals surface area contributed by atoms with E-state index in [1.54, 1.807) is 47.9 Å². The van der Waals surface area contributed by atoms with E-state index in [1.165, 1.54) is 12.1 Å². The first-order valence-electron chi connectivity index (χ1n) is 12.2. The Bertz CT molecular complexity index is 1570. The second-order valence-electron chi connectivity index (χ2n) is 9.13. The van der Waals surface area contributed by atoms with E-state index in [9.17, 15) is 9.18 Å². The Morgan fingerprint density at radius 2 is 1.79 bits per heavy atom. The highest BCUT2D eigenvalue weighted by Crippen LogP contribution is 2.30. The summed E-state index contributed by atoms with van der Waals surface area (Å²) in [6, 6.07) is 20.7. The summed E-state index contributed by atoms with van der Waals surface area (Å²) < 4.78 is 28.7. The van der Waals surface area contributed by atoms with E-state index >= 15 is 0 Å². The van der Waals surface area contributed by atoms with Crippen LogP contribution in [-0.4, -0.2) is 38.6 Å². The molecular weight excluding hydrogens is 497 g/mol. The number of nitrogens with one attached hydrogen (secondary N) is 1. The van der Waals surface area contributed by atoms with Gasteiger partial charge in [0.25, 0.3) is 5.91 Å². The fourth-order valence-corrected chi connectivity index (χ4v) is 4.32. The van der Waals surface area contributed by atoms with Gasteiger partial charge in [-0.15, -0.1) is 0 Å². The SMILES string of the molecule is C.COc1cccc([C@@H](Oc2ccc3c(cnn3-c3ccc(F)cc3)c2)[C@H](C)NC(=O)c2cc(C)n(C)n2)c1. The smallest absolute Gasteiger partial charge is 0.272 e. The number of amides is 1. The van der Waals surface area contributed by atoms with Gasteiger partial charge < -0.3 is 14.8 Å². The minimum atomic E-state index is -0.525. The summed E-state index contributed by atoms with van der Waals surface area (Å²) in [4.78, 5) is 13.0. The predicted octanol–water partition coefficient (Wildman–Crippen LogP) is 5.79. The van der Waals surface area contributed by atoms with Crippen LogP contribution in [0, 0.1) is 12.7 Å². The van der Waals surface area contributed by atoms with Crippen LogP contribution in [0.3, 0.4) is 0 Å². The van der Waals surface area contributed by atoms with Crippen LogP contribution < -0.4 is 14.8 Å². The molecule has 0 radical (unpaired) electrons. The first-order chi connectivity index (χ1) is 18.3. The molecular formula is C30H32FN5O3. The number of nitrogens with zero attached hydrogens (tertiary/aromatic N) is 4. The fourth-order valence-electron chi connectivity index (χ4n) is 4.32. The van der Waals surface area contributed by atoms with Crippen molar-refractivity contribution >= 4 is 16.8 Å². The number of ether oxygens (including phenoxy) is 2. The number of methoxy groups -OCH3 is 1. The number of halogens is 1. The summed E-state index contributed by atoms with van der Waals surface area (Å²) in [5.41, 5.74) is 3.68. The number of aromatic nitrogens is 4. The van der Waals surface area contributed by atoms with Crippen molar-refractivity contribution in [3.63, 3.8) is 0 Å². The van der Waals surface area contributed by atoms with Gasteiger partial charge in [-0.25, -0.2) is 9.07 Å². The highest BCUT2D eigenvalue weighted by atomic mass is 19.1. The van der Waals surface area contributed by atoms with Gasteiger partial charge in [0.05, 0.1) is 30.6 Å². The average Bonchev–Trinajstić information content (AvgIpc) is 3.50. The maximum absolute atomic E-state index is 13.4. The van der Waals surface area contributed by atoms with E-state index in [0.717, 1.165) is 27.8 Å². The molecule has 0 aliphatic heterocycles. The molecule has 8 nitrogen and oxygen atoms in total. The van der Waals surface area contributed by atoms with Crippen LogP contribution in [0.5, 0.6) is 11.5 Å². The molecule has 0 fully saturated rings. The van der Waals surface area contributed by atoms with Crippen molar-refractivity contribution in [1.29, 1.82) is 0 Å². The van der Waals surface area contributed by atoms with Gasteiger partial charge in [0, 0.05) is 18.1 Å². The maximum Gasteiger partial charge on any atom is 0.272 e. The molecule has 202 valence electrons. The molecule has 1 N–H and O–H groups in total. The van der Waals surface area contributed by atoms with Gasteiger partial charge in [-0.2, -0.15) is 10.2 Å². The molecule has 0 aliphatic carbocycles. The van der Waals surface area contributed by atoms with Crippen LogP contribution >= 0.6 is 0 Å². The lowest BCUT2D eigenvalue weighted by atomic mass is 10.0. The summed E-state index contributed by atoms with van der Waals surface area (Å²) in [5.74, 6) is 0.711. The minimum absolute atomic E-state index is 0. The topological polar surface area (TPSA) is 83.2 Å². The van der Waals surface area contributed by atoms with Crippen LogP contribution in [-0.2, 0) is 7.05 Å². The molecule has 0 spiro atoms. The van der Waals surface area contributed by atoms with Crippen molar-refractivity contribution < 1.29 is 18.7 Å². The third kappa shape index (κ3) is 5.77. The molecule has 5 rings (SSSR count). The van der Waals surface area contributed by atoms with Crippen LogP contribution in [0.4, 0.5) is 4.39 Å². The first-order valence-corrected chi connectivity index (χ1v) is 12.2. The zero-order valence-corrected chi connectivity index (χ0v) is 21.6. The Morgan fingerprint density at radius 3 is 2.49 bits per heavy atom. The number of fused-ring (bicyclic) bond motifs is 1. The monoisotopic (exact) mass is 529 g/mol. The molecule has 2 atom stereocenters. The standard InChI is InChI=1S/C29H28FN5O3.CH4/c1-18-14-26(33-34(18)3)29(36)32-19(2)28(20-6-5-7-24(15-20)37-4)38-25-12-13-27-21(16-25)17-31-35(27)23-10-8-22(30)9-11-23;/h5-17,19,28H,1-4H3,(H,32,36);1H4/t19-,28-;/m0./s1. The number of hydrogen-bond acceptors (Lipinski definition) is 5. The van der Waals surface area contributed by atoms with Gasteiger partial charge in [-0.3, -0.25) is 9.48 Å². The van der Waals surface area contributed by atoms with Crippen molar-refractivity contribution in [3.05, 3.63) is 102 Å². The molecule has 0 bridgehead atoms. The van der Waals surface area contributed by atoms with Crippen LogP contribution in [0.25, 0.3) is 16.6 Å². The quantitative estimate of drug-likeness (QED) is 0.275. The molecule has 0 saturated carbocycles. The molecule has 39 heavy (non-hydrogen) atoms. The number of carbonyl (C=O) groups excluding carboxylic acids is 1. The molecule has 2 heterocycles. The van der Waals surface area contributed by atoms with E-state index in [1.807, 2.05) is 56.3 Å². The molecule has 0 saturated heterocycles. The van der Waals surface area contributed by atoms with Gasteiger partial charge in [-0.05, 0) is 80.1 Å². The van der Waals surface area contributed by atoms with Gasteiger partial charge in [0.1, 0.15) is 29.1 Å². The molecule has 9 heteroatoms. The summed E-state index contributed by atoms with van der Waals surface area (Å²) in [7, 11) is 3.41. The highest BCUT2D eigenvalue weighted by Gasteiger charge is 2.25. The Hall–Kier alpha value is -4.66. The number of benzene rings is 3. The first kappa shape index (κ1) is 27.4. The summed E-state index contributed by atoms with van der Waals surface area (Å²) in [6.45, 7) is 3.78. The van der Waals surface area contributed by atoms with Crippen LogP contribution in [0.2, 0.25) is 0 Å². The fraction of sp³-hybridized carbons (Fsp3) is 0.233. The molecule has 1 amide bonds. The lowest BCUT2D eigenvalue weighted by Gasteiger charge is -2.26. The normalized spacial score (nSPS) is 12.4. The van der Waals surface area contributed by atoms with Crippen molar-refractivity contribution in [1.82, 2.24) is 24.9 Å². The lowest BCUT2D eigenvalue weighted by Crippen LogP contribution is -2.39. The zero-order valence-electron chi connectivity index (χ0n) is 21.6. The van der Waals surface area contributed by atoms with Crippen molar-refractivity contribution in [2.45, 2.75) is 33.4 Å². The zero-order chi connectivity index (χ0) is 26.8. The van der Waals surface area contributed by atoms with Gasteiger partial charge in [0.2, 0.25) is 0 Å². The average molecular weight is 530 g/mol. The molecule has 3 aromatic carbocycles. The highest BCUT2D eigenvalue weighted by molar-refractivity contribution is 5.92. The number of aryl methyl sites for hydroxylation is 2. The molecule has 2 aromatic heterocycles. The van der Waals surface area contributed by atoms with E-state index in [4.69, 9.17) is 9.47 Å². The second kappa shape index (κ2) is 11.4. The van der Waals surface area contributed by atoms with Crippen molar-refractivity contribution in [2.24, 2.45) is 7.05 Å². The number of rotatable bonds is 8. The summed E-state index contributed by atoms with van der Waals surface area (Å²) >= 11 is 0. The van der Waals surface area contributed by atoms with Gasteiger partial charge >= 0.3 is 0 Å². The third-order valence-corrected chi connectivity index (χ3v) is 6.46. The Morgan fingerprint density at radius 1 is 1.03 bits per heavy atom. The lowest BCUT2D eigenvalue weighted by molar-refractivity contribution is 0.0876. The molecule has 5 aromatic rings. The number of carbonyl (C=O) groups is 1. The van der Waals surface area contributed by atoms with E-state index < -0.39 is 12.1 Å². The Kier molecular flexibility index (Phi) is 7.99. The van der Waals surface area contributed by atoms with Gasteiger partial charge in [0.15, 0.2) is 0 Å². The van der Waals surface area contributed by atoms with Crippen molar-refractivity contribution in [2.75, 3.05) is 7.11 Å². The van der Waals surface area contributed by atoms with E-state index in [2.05, 4.69) is 15.5 Å². The maximum atomic E-state index is 13.4. The van der Waals surface area contributed by atoms with Crippen molar-refractivity contribution in [3.8, 4) is 17.2 Å². The van der Waals surface area contributed by atoms with E-state index in [-0.39, 0.29) is 19.2 Å². The van der Waals surface area contributed by atoms with Crippen LogP contribution in [0.1, 0.15) is 42.2 Å². The summed E-state index contributed by atoms with van der Waals surface area (Å²) in [6.07, 6.45) is 1.21. The molecule has 0 aliphatic rings. The third-order valence-electron chi connectivity index (χ3n) is 6.46. The predicted molar refractivity (Wildman–Crippen MR) is 149 cm³/mol. The minimum Gasteiger partial charge on any atom is -0.497 e. The summed E-state index contributed by atoms with van der Waals surface area (Å²) in [5, 5.41) is 12.6. The number of hydrogen-bond donors (Lipinski definition) is 1. The second-order valence-corrected chi connectivity index (χ2v) is 9.13. The van der Waals surface area contributed by atoms with Gasteiger partial charge in [-0.1, -0.05) is 19.6 Å². The Labute approximate surface area is 227 Å². The van der Waals surface area contributed by atoms with E-state index in [0.29, 0.717) is 17.2 Å². The van der Waals surface area contributed by atoms with Crippen LogP contribution in [0.15, 0.2) is 79.0 Å². The largest absolute Gasteiger partial charge is 0.497 e.